The molecule has 0 saturated carbocycles. The highest BCUT2D eigenvalue weighted by molar-refractivity contribution is 6.17. The van der Waals surface area contributed by atoms with Gasteiger partial charge < -0.3 is 4.74 Å². The first-order chi connectivity index (χ1) is 7.78. The Morgan fingerprint density at radius 3 is 2.62 bits per heavy atom. The molecule has 0 unspecified atom stereocenters. The smallest absolute Gasteiger partial charge is 0.321 e. The van der Waals surface area contributed by atoms with Gasteiger partial charge in [-0.1, -0.05) is 12.1 Å². The number of ether oxygens (including phenoxy) is 1. The van der Waals surface area contributed by atoms with E-state index in [0.29, 0.717) is 11.9 Å². The average Bonchev–Trinajstić information content (AvgIpc) is 2.30. The summed E-state index contributed by atoms with van der Waals surface area (Å²) < 4.78 is 5.49. The van der Waals surface area contributed by atoms with Crippen LogP contribution in [0.4, 0.5) is 0 Å². The van der Waals surface area contributed by atoms with Crippen molar-refractivity contribution in [3.63, 3.8) is 0 Å². The Morgan fingerprint density at radius 1 is 1.25 bits per heavy atom. The number of nitrogens with zero attached hydrogens (tertiary/aromatic N) is 2. The Morgan fingerprint density at radius 2 is 2.00 bits per heavy atom. The Kier molecular flexibility index (Phi) is 3.37. The molecular weight excluding hydrogens is 224 g/mol. The second kappa shape index (κ2) is 4.94. The second-order valence-corrected chi connectivity index (χ2v) is 3.69. The molecule has 0 atom stereocenters. The largest absolute Gasteiger partial charge is 0.424 e. The number of hydrogen-bond acceptors (Lipinski definition) is 3. The van der Waals surface area contributed by atoms with Crippen molar-refractivity contribution in [2.45, 2.75) is 12.8 Å². The lowest BCUT2D eigenvalue weighted by molar-refractivity contribution is 0.441. The van der Waals surface area contributed by atoms with E-state index in [9.17, 15) is 0 Å². The van der Waals surface area contributed by atoms with Crippen LogP contribution in [0.3, 0.4) is 0 Å². The van der Waals surface area contributed by atoms with Crippen LogP contribution < -0.4 is 4.74 Å². The minimum atomic E-state index is 0.333. The third kappa shape index (κ3) is 2.70. The van der Waals surface area contributed by atoms with Crippen molar-refractivity contribution in [2.24, 2.45) is 0 Å². The minimum absolute atomic E-state index is 0.333. The van der Waals surface area contributed by atoms with Gasteiger partial charge in [-0.3, -0.25) is 0 Å². The molecule has 3 nitrogen and oxygen atoms in total. The Balaban J connectivity index is 2.14. The first kappa shape index (κ1) is 10.9. The van der Waals surface area contributed by atoms with Gasteiger partial charge in [-0.2, -0.15) is 0 Å². The van der Waals surface area contributed by atoms with Crippen molar-refractivity contribution in [1.29, 1.82) is 0 Å². The molecule has 0 amide bonds. The number of benzene rings is 1. The van der Waals surface area contributed by atoms with Crippen molar-refractivity contribution >= 4 is 11.6 Å². The van der Waals surface area contributed by atoms with E-state index in [2.05, 4.69) is 9.97 Å². The number of rotatable bonds is 3. The SMILES string of the molecule is Cc1cccc(Oc2ncc(CCl)cn2)c1. The van der Waals surface area contributed by atoms with E-state index >= 15 is 0 Å². The molecule has 2 rings (SSSR count). The molecule has 0 saturated heterocycles. The topological polar surface area (TPSA) is 35.0 Å². The molecule has 0 aliphatic heterocycles. The second-order valence-electron chi connectivity index (χ2n) is 3.43. The summed E-state index contributed by atoms with van der Waals surface area (Å²) in [7, 11) is 0. The minimum Gasteiger partial charge on any atom is -0.424 e. The van der Waals surface area contributed by atoms with Crippen LogP contribution in [0, 0.1) is 6.92 Å². The van der Waals surface area contributed by atoms with E-state index in [0.717, 1.165) is 16.9 Å². The summed E-state index contributed by atoms with van der Waals surface area (Å²) in [5.41, 5.74) is 2.01. The molecule has 1 aromatic heterocycles. The summed E-state index contributed by atoms with van der Waals surface area (Å²) in [6, 6.07) is 8.06. The summed E-state index contributed by atoms with van der Waals surface area (Å²) in [5.74, 6) is 1.14. The summed E-state index contributed by atoms with van der Waals surface area (Å²) in [5, 5.41) is 0. The fraction of sp³-hybridized carbons (Fsp3) is 0.167. The van der Waals surface area contributed by atoms with E-state index in [1.165, 1.54) is 0 Å². The standard InChI is InChI=1S/C12H11ClN2O/c1-9-3-2-4-11(5-9)16-12-14-7-10(6-13)8-15-12/h2-5,7-8H,6H2,1H3. The Hall–Kier alpha value is -1.61. The highest BCUT2D eigenvalue weighted by Gasteiger charge is 2.00. The predicted molar refractivity (Wildman–Crippen MR) is 62.8 cm³/mol. The van der Waals surface area contributed by atoms with Crippen molar-refractivity contribution in [1.82, 2.24) is 9.97 Å². The van der Waals surface area contributed by atoms with Crippen LogP contribution in [0.1, 0.15) is 11.1 Å². The lowest BCUT2D eigenvalue weighted by Gasteiger charge is -2.04. The Bertz CT molecular complexity index is 471. The van der Waals surface area contributed by atoms with Crippen molar-refractivity contribution in [3.05, 3.63) is 47.8 Å². The van der Waals surface area contributed by atoms with Crippen LogP contribution in [0.5, 0.6) is 11.8 Å². The highest BCUT2D eigenvalue weighted by Crippen LogP contribution is 2.18. The van der Waals surface area contributed by atoms with Crippen LogP contribution >= 0.6 is 11.6 Å². The third-order valence-corrected chi connectivity index (χ3v) is 2.34. The molecule has 2 aromatic rings. The molecule has 4 heteroatoms. The lowest BCUT2D eigenvalue weighted by Crippen LogP contribution is -1.92. The molecule has 16 heavy (non-hydrogen) atoms. The summed E-state index contributed by atoms with van der Waals surface area (Å²) in [4.78, 5) is 8.11. The quantitative estimate of drug-likeness (QED) is 0.765. The number of aryl methyl sites for hydroxylation is 1. The molecule has 0 aliphatic rings. The van der Waals surface area contributed by atoms with Gasteiger partial charge in [0.2, 0.25) is 0 Å². The summed E-state index contributed by atoms with van der Waals surface area (Å²) in [6.45, 7) is 2.00. The van der Waals surface area contributed by atoms with E-state index < -0.39 is 0 Å². The number of hydrogen-bond donors (Lipinski definition) is 0. The van der Waals surface area contributed by atoms with Crippen molar-refractivity contribution < 1.29 is 4.74 Å². The van der Waals surface area contributed by atoms with Crippen LogP contribution in [-0.2, 0) is 5.88 Å². The van der Waals surface area contributed by atoms with Crippen LogP contribution in [-0.4, -0.2) is 9.97 Å². The normalized spacial score (nSPS) is 10.1. The molecule has 0 radical (unpaired) electrons. The molecule has 82 valence electrons. The molecule has 0 bridgehead atoms. The first-order valence-corrected chi connectivity index (χ1v) is 5.43. The van der Waals surface area contributed by atoms with Gasteiger partial charge >= 0.3 is 6.01 Å². The molecule has 0 fully saturated rings. The average molecular weight is 235 g/mol. The van der Waals surface area contributed by atoms with Crippen LogP contribution in [0.15, 0.2) is 36.7 Å². The number of alkyl halides is 1. The maximum absolute atomic E-state index is 5.64. The molecule has 0 spiro atoms. The zero-order valence-electron chi connectivity index (χ0n) is 8.85. The first-order valence-electron chi connectivity index (χ1n) is 4.89. The third-order valence-electron chi connectivity index (χ3n) is 2.03. The van der Waals surface area contributed by atoms with Gasteiger partial charge in [-0.05, 0) is 24.6 Å². The summed E-state index contributed by atoms with van der Waals surface area (Å²) >= 11 is 5.64. The van der Waals surface area contributed by atoms with Gasteiger partial charge in [0.15, 0.2) is 0 Å². The maximum atomic E-state index is 5.64. The molecule has 0 aliphatic carbocycles. The fourth-order valence-corrected chi connectivity index (χ4v) is 1.39. The van der Waals surface area contributed by atoms with Gasteiger partial charge in [0.1, 0.15) is 5.75 Å². The van der Waals surface area contributed by atoms with Crippen molar-refractivity contribution in [3.8, 4) is 11.8 Å². The highest BCUT2D eigenvalue weighted by atomic mass is 35.5. The number of aromatic nitrogens is 2. The number of halogens is 1. The zero-order valence-corrected chi connectivity index (χ0v) is 9.61. The van der Waals surface area contributed by atoms with Gasteiger partial charge in [0.25, 0.3) is 0 Å². The molecule has 1 aromatic carbocycles. The van der Waals surface area contributed by atoms with Gasteiger partial charge in [0.05, 0.1) is 5.88 Å². The lowest BCUT2D eigenvalue weighted by atomic mass is 10.2. The van der Waals surface area contributed by atoms with E-state index in [1.807, 2.05) is 31.2 Å². The summed E-state index contributed by atoms with van der Waals surface area (Å²) in [6.07, 6.45) is 3.32. The van der Waals surface area contributed by atoms with Gasteiger partial charge in [-0.25, -0.2) is 9.97 Å². The van der Waals surface area contributed by atoms with E-state index in [1.54, 1.807) is 12.4 Å². The molecular formula is C12H11ClN2O. The van der Waals surface area contributed by atoms with Crippen molar-refractivity contribution in [2.75, 3.05) is 0 Å². The zero-order chi connectivity index (χ0) is 11.4. The van der Waals surface area contributed by atoms with Gasteiger partial charge in [0, 0.05) is 18.0 Å². The van der Waals surface area contributed by atoms with E-state index in [-0.39, 0.29) is 0 Å². The van der Waals surface area contributed by atoms with E-state index in [4.69, 9.17) is 16.3 Å². The van der Waals surface area contributed by atoms with Crippen LogP contribution in [0.25, 0.3) is 0 Å². The Labute approximate surface area is 99.1 Å². The maximum Gasteiger partial charge on any atom is 0.321 e. The molecule has 1 heterocycles. The predicted octanol–water partition coefficient (Wildman–Crippen LogP) is 3.32. The van der Waals surface area contributed by atoms with Crippen LogP contribution in [0.2, 0.25) is 0 Å². The monoisotopic (exact) mass is 234 g/mol. The fourth-order valence-electron chi connectivity index (χ4n) is 1.25. The molecule has 0 N–H and O–H groups in total. The van der Waals surface area contributed by atoms with Gasteiger partial charge in [-0.15, -0.1) is 11.6 Å².